The average molecular weight is 279 g/mol. The molecule has 1 aromatic carbocycles. The molecular formula is C15H19F2N3. The van der Waals surface area contributed by atoms with E-state index in [4.69, 9.17) is 0 Å². The molecule has 0 aliphatic carbocycles. The average Bonchev–Trinajstić information content (AvgIpc) is 2.84. The number of aromatic nitrogens is 2. The third-order valence-corrected chi connectivity index (χ3v) is 3.28. The zero-order valence-corrected chi connectivity index (χ0v) is 12.0. The molecule has 20 heavy (non-hydrogen) atoms. The van der Waals surface area contributed by atoms with Crippen LogP contribution < -0.4 is 5.32 Å². The van der Waals surface area contributed by atoms with Gasteiger partial charge >= 0.3 is 0 Å². The first kappa shape index (κ1) is 14.5. The Morgan fingerprint density at radius 2 is 1.90 bits per heavy atom. The Bertz CT molecular complexity index is 605. The van der Waals surface area contributed by atoms with Crippen molar-refractivity contribution in [2.45, 2.75) is 40.3 Å². The van der Waals surface area contributed by atoms with Crippen molar-refractivity contribution in [1.29, 1.82) is 0 Å². The van der Waals surface area contributed by atoms with Gasteiger partial charge in [-0.2, -0.15) is 5.10 Å². The third-order valence-electron chi connectivity index (χ3n) is 3.28. The van der Waals surface area contributed by atoms with Crippen molar-refractivity contribution < 1.29 is 8.78 Å². The van der Waals surface area contributed by atoms with E-state index in [0.717, 1.165) is 24.4 Å². The number of aryl methyl sites for hydroxylation is 3. The van der Waals surface area contributed by atoms with Crippen molar-refractivity contribution in [3.63, 3.8) is 0 Å². The van der Waals surface area contributed by atoms with Crippen LogP contribution in [0.5, 0.6) is 0 Å². The number of hydrogen-bond donors (Lipinski definition) is 1. The summed E-state index contributed by atoms with van der Waals surface area (Å²) >= 11 is 0. The lowest BCUT2D eigenvalue weighted by Gasteiger charge is -2.10. The molecule has 0 fully saturated rings. The van der Waals surface area contributed by atoms with Crippen molar-refractivity contribution in [3.05, 3.63) is 46.8 Å². The summed E-state index contributed by atoms with van der Waals surface area (Å²) in [4.78, 5) is 0. The minimum absolute atomic E-state index is 0.176. The van der Waals surface area contributed by atoms with Gasteiger partial charge in [-0.3, -0.25) is 4.68 Å². The normalized spacial score (nSPS) is 10.8. The second-order valence-corrected chi connectivity index (χ2v) is 4.73. The summed E-state index contributed by atoms with van der Waals surface area (Å²) in [7, 11) is 0. The minimum atomic E-state index is -0.442. The molecule has 108 valence electrons. The quantitative estimate of drug-likeness (QED) is 0.905. The number of nitrogens with zero attached hydrogens (tertiary/aromatic N) is 2. The lowest BCUT2D eigenvalue weighted by molar-refractivity contribution is 0.592. The van der Waals surface area contributed by atoms with Crippen LogP contribution in [0.15, 0.2) is 18.2 Å². The fourth-order valence-corrected chi connectivity index (χ4v) is 2.07. The van der Waals surface area contributed by atoms with Gasteiger partial charge in [0.05, 0.1) is 23.6 Å². The predicted molar refractivity (Wildman–Crippen MR) is 75.7 cm³/mol. The fraction of sp³-hybridized carbons (Fsp3) is 0.400. The number of anilines is 1. The Morgan fingerprint density at radius 3 is 2.55 bits per heavy atom. The number of rotatable bonds is 5. The monoisotopic (exact) mass is 279 g/mol. The molecule has 0 atom stereocenters. The van der Waals surface area contributed by atoms with Crippen LogP contribution in [-0.2, 0) is 19.5 Å². The van der Waals surface area contributed by atoms with Crippen LogP contribution in [-0.4, -0.2) is 9.78 Å². The van der Waals surface area contributed by atoms with Gasteiger partial charge in [-0.15, -0.1) is 0 Å². The summed E-state index contributed by atoms with van der Waals surface area (Å²) in [5, 5.41) is 7.36. The molecule has 0 aliphatic rings. The van der Waals surface area contributed by atoms with E-state index in [0.29, 0.717) is 12.1 Å². The third kappa shape index (κ3) is 2.98. The van der Waals surface area contributed by atoms with Crippen LogP contribution in [0.25, 0.3) is 0 Å². The standard InChI is InChI=1S/C15H19F2N3/c1-4-11-7-12(20(5-2)19-11)9-18-15-8-13(16)10(3)6-14(15)17/h6-8,18H,4-5,9H2,1-3H3. The van der Waals surface area contributed by atoms with E-state index >= 15 is 0 Å². The van der Waals surface area contributed by atoms with Gasteiger partial charge in [0.15, 0.2) is 0 Å². The number of nitrogens with one attached hydrogen (secondary N) is 1. The number of benzene rings is 1. The van der Waals surface area contributed by atoms with E-state index in [-0.39, 0.29) is 5.69 Å². The van der Waals surface area contributed by atoms with Crippen LogP contribution in [0.4, 0.5) is 14.5 Å². The first-order valence-electron chi connectivity index (χ1n) is 6.80. The largest absolute Gasteiger partial charge is 0.377 e. The molecule has 2 rings (SSSR count). The molecule has 0 spiro atoms. The zero-order valence-electron chi connectivity index (χ0n) is 12.0. The van der Waals surface area contributed by atoms with Crippen molar-refractivity contribution in [2.24, 2.45) is 0 Å². The van der Waals surface area contributed by atoms with Crippen molar-refractivity contribution in [2.75, 3.05) is 5.32 Å². The SMILES string of the molecule is CCc1cc(CNc2cc(F)c(C)cc2F)n(CC)n1. The molecule has 0 bridgehead atoms. The molecule has 0 unspecified atom stereocenters. The van der Waals surface area contributed by atoms with E-state index in [1.165, 1.54) is 12.1 Å². The van der Waals surface area contributed by atoms with Crippen LogP contribution >= 0.6 is 0 Å². The summed E-state index contributed by atoms with van der Waals surface area (Å²) in [6.07, 6.45) is 0.855. The Balaban J connectivity index is 2.16. The van der Waals surface area contributed by atoms with Gasteiger partial charge in [0.2, 0.25) is 0 Å². The van der Waals surface area contributed by atoms with Crippen LogP contribution in [0.1, 0.15) is 30.8 Å². The van der Waals surface area contributed by atoms with Crippen molar-refractivity contribution in [1.82, 2.24) is 9.78 Å². The van der Waals surface area contributed by atoms with Gasteiger partial charge in [0, 0.05) is 12.6 Å². The molecule has 0 amide bonds. The Morgan fingerprint density at radius 1 is 1.15 bits per heavy atom. The molecule has 3 nitrogen and oxygen atoms in total. The van der Waals surface area contributed by atoms with Gasteiger partial charge < -0.3 is 5.32 Å². The molecule has 1 heterocycles. The molecule has 0 saturated heterocycles. The van der Waals surface area contributed by atoms with Gasteiger partial charge in [-0.05, 0) is 38.0 Å². The molecule has 0 saturated carbocycles. The van der Waals surface area contributed by atoms with E-state index < -0.39 is 11.6 Å². The highest BCUT2D eigenvalue weighted by Crippen LogP contribution is 2.19. The summed E-state index contributed by atoms with van der Waals surface area (Å²) in [5.74, 6) is -0.852. The Hall–Kier alpha value is -1.91. The Kier molecular flexibility index (Phi) is 4.37. The van der Waals surface area contributed by atoms with Gasteiger partial charge in [-0.1, -0.05) is 6.92 Å². The van der Waals surface area contributed by atoms with Crippen LogP contribution in [0.2, 0.25) is 0 Å². The number of hydrogen-bond acceptors (Lipinski definition) is 2. The fourth-order valence-electron chi connectivity index (χ4n) is 2.07. The molecule has 1 aromatic heterocycles. The maximum absolute atomic E-state index is 13.7. The van der Waals surface area contributed by atoms with Crippen molar-refractivity contribution in [3.8, 4) is 0 Å². The van der Waals surface area contributed by atoms with Gasteiger partial charge in [0.25, 0.3) is 0 Å². The summed E-state index contributed by atoms with van der Waals surface area (Å²) in [6.45, 7) is 6.75. The summed E-state index contributed by atoms with van der Waals surface area (Å²) in [5.41, 5.74) is 2.44. The highest BCUT2D eigenvalue weighted by atomic mass is 19.1. The van der Waals surface area contributed by atoms with E-state index in [1.807, 2.05) is 24.6 Å². The lowest BCUT2D eigenvalue weighted by atomic mass is 10.2. The molecular weight excluding hydrogens is 260 g/mol. The predicted octanol–water partition coefficient (Wildman–Crippen LogP) is 3.66. The topological polar surface area (TPSA) is 29.9 Å². The van der Waals surface area contributed by atoms with E-state index in [1.54, 1.807) is 6.92 Å². The number of halogens is 2. The minimum Gasteiger partial charge on any atom is -0.377 e. The lowest BCUT2D eigenvalue weighted by Crippen LogP contribution is -2.09. The van der Waals surface area contributed by atoms with E-state index in [2.05, 4.69) is 10.4 Å². The molecule has 2 aromatic rings. The molecule has 1 N–H and O–H groups in total. The molecule has 5 heteroatoms. The highest BCUT2D eigenvalue weighted by Gasteiger charge is 2.09. The smallest absolute Gasteiger partial charge is 0.146 e. The Labute approximate surface area is 117 Å². The van der Waals surface area contributed by atoms with Crippen molar-refractivity contribution >= 4 is 5.69 Å². The van der Waals surface area contributed by atoms with Gasteiger partial charge in [0.1, 0.15) is 11.6 Å². The maximum atomic E-state index is 13.7. The van der Waals surface area contributed by atoms with Gasteiger partial charge in [-0.25, -0.2) is 8.78 Å². The first-order chi connectivity index (χ1) is 9.55. The highest BCUT2D eigenvalue weighted by molar-refractivity contribution is 5.47. The maximum Gasteiger partial charge on any atom is 0.146 e. The van der Waals surface area contributed by atoms with Crippen LogP contribution in [0.3, 0.4) is 0 Å². The van der Waals surface area contributed by atoms with E-state index in [9.17, 15) is 8.78 Å². The second-order valence-electron chi connectivity index (χ2n) is 4.73. The summed E-state index contributed by atoms with van der Waals surface area (Å²) in [6, 6.07) is 4.38. The molecule has 0 aliphatic heterocycles. The second kappa shape index (κ2) is 6.03. The molecule has 0 radical (unpaired) electrons. The first-order valence-corrected chi connectivity index (χ1v) is 6.80. The zero-order chi connectivity index (χ0) is 14.7. The van der Waals surface area contributed by atoms with Crippen LogP contribution in [0, 0.1) is 18.6 Å². The summed E-state index contributed by atoms with van der Waals surface area (Å²) < 4.78 is 29.1.